The summed E-state index contributed by atoms with van der Waals surface area (Å²) >= 11 is 0. The van der Waals surface area contributed by atoms with Crippen LogP contribution in [-0.2, 0) is 30.3 Å². The summed E-state index contributed by atoms with van der Waals surface area (Å²) < 4.78 is 10.5. The van der Waals surface area contributed by atoms with Gasteiger partial charge < -0.3 is 25.2 Å². The fourth-order valence-corrected chi connectivity index (χ4v) is 3.39. The van der Waals surface area contributed by atoms with Crippen LogP contribution < -0.4 is 10.6 Å². The predicted molar refractivity (Wildman–Crippen MR) is 120 cm³/mol. The van der Waals surface area contributed by atoms with E-state index in [1.165, 1.54) is 0 Å². The predicted octanol–water partition coefficient (Wildman–Crippen LogP) is 1.52. The molecule has 8 heteroatoms. The van der Waals surface area contributed by atoms with E-state index in [0.29, 0.717) is 45.3 Å². The number of allylic oxidation sites excluding steroid dienone is 2. The smallest absolute Gasteiger partial charge is 0.305 e. The number of esters is 1. The zero-order valence-corrected chi connectivity index (χ0v) is 18.5. The third-order valence-corrected chi connectivity index (χ3v) is 5.06. The molecular weight excluding hydrogens is 412 g/mol. The first-order chi connectivity index (χ1) is 15.6. The van der Waals surface area contributed by atoms with Gasteiger partial charge in [-0.15, -0.1) is 0 Å². The van der Waals surface area contributed by atoms with E-state index < -0.39 is 5.92 Å². The Labute approximate surface area is 189 Å². The topological polar surface area (TPSA) is 114 Å². The zero-order valence-electron chi connectivity index (χ0n) is 18.5. The van der Waals surface area contributed by atoms with Gasteiger partial charge in [-0.25, -0.2) is 0 Å². The summed E-state index contributed by atoms with van der Waals surface area (Å²) in [5, 5.41) is 14.4. The number of benzene rings is 1. The zero-order chi connectivity index (χ0) is 23.0. The van der Waals surface area contributed by atoms with Crippen molar-refractivity contribution in [1.29, 1.82) is 0 Å². The lowest BCUT2D eigenvalue weighted by Gasteiger charge is -2.22. The van der Waals surface area contributed by atoms with Crippen molar-refractivity contribution in [1.82, 2.24) is 10.6 Å². The van der Waals surface area contributed by atoms with Gasteiger partial charge in [0, 0.05) is 19.4 Å². The number of hydrogen-bond donors (Lipinski definition) is 3. The Bertz CT molecular complexity index is 737. The number of hydrogen-bond acceptors (Lipinski definition) is 6. The van der Waals surface area contributed by atoms with Gasteiger partial charge >= 0.3 is 5.97 Å². The van der Waals surface area contributed by atoms with Crippen LogP contribution in [0, 0.1) is 5.92 Å². The van der Waals surface area contributed by atoms with Crippen molar-refractivity contribution in [3.05, 3.63) is 48.0 Å². The van der Waals surface area contributed by atoms with Gasteiger partial charge in [0.25, 0.3) is 0 Å². The second-order valence-corrected chi connectivity index (χ2v) is 7.76. The number of amides is 2. The number of cyclic esters (lactones) is 1. The molecule has 0 saturated heterocycles. The molecule has 8 nitrogen and oxygen atoms in total. The van der Waals surface area contributed by atoms with Crippen LogP contribution in [0.5, 0.6) is 0 Å². The Morgan fingerprint density at radius 1 is 1.19 bits per heavy atom. The molecule has 1 aromatic rings. The second-order valence-electron chi connectivity index (χ2n) is 7.76. The van der Waals surface area contributed by atoms with Gasteiger partial charge in [-0.05, 0) is 31.2 Å². The third-order valence-electron chi connectivity index (χ3n) is 5.06. The summed E-state index contributed by atoms with van der Waals surface area (Å²) in [5.74, 6) is -1.28. The molecule has 176 valence electrons. The summed E-state index contributed by atoms with van der Waals surface area (Å²) in [4.78, 5) is 37.4. The van der Waals surface area contributed by atoms with Crippen molar-refractivity contribution in [2.45, 2.75) is 44.6 Å². The third kappa shape index (κ3) is 10.5. The molecule has 1 heterocycles. The summed E-state index contributed by atoms with van der Waals surface area (Å²) in [5.41, 5.74) is 1.02. The molecule has 0 aromatic heterocycles. The normalized spacial score (nSPS) is 20.3. The Morgan fingerprint density at radius 2 is 2.00 bits per heavy atom. The molecule has 3 N–H and O–H groups in total. The van der Waals surface area contributed by atoms with Crippen LogP contribution in [0.1, 0.15) is 37.7 Å². The van der Waals surface area contributed by atoms with Crippen LogP contribution in [-0.4, -0.2) is 61.9 Å². The van der Waals surface area contributed by atoms with E-state index in [4.69, 9.17) is 14.6 Å². The van der Waals surface area contributed by atoms with Gasteiger partial charge in [0.1, 0.15) is 6.61 Å². The highest BCUT2D eigenvalue weighted by Gasteiger charge is 2.24. The summed E-state index contributed by atoms with van der Waals surface area (Å²) in [6.45, 7) is 0.859. The molecule has 0 spiro atoms. The van der Waals surface area contributed by atoms with Crippen molar-refractivity contribution < 1.29 is 29.0 Å². The average Bonchev–Trinajstić information content (AvgIpc) is 2.80. The maximum Gasteiger partial charge on any atom is 0.305 e. The van der Waals surface area contributed by atoms with E-state index in [2.05, 4.69) is 10.6 Å². The van der Waals surface area contributed by atoms with Gasteiger partial charge in [0.05, 0.1) is 31.8 Å². The van der Waals surface area contributed by atoms with E-state index in [-0.39, 0.29) is 50.1 Å². The van der Waals surface area contributed by atoms with Gasteiger partial charge in [-0.2, -0.15) is 0 Å². The summed E-state index contributed by atoms with van der Waals surface area (Å²) in [6, 6.07) is 9.30. The number of aliphatic hydroxyl groups is 1. The van der Waals surface area contributed by atoms with Crippen molar-refractivity contribution >= 4 is 17.8 Å². The molecule has 1 aliphatic heterocycles. The minimum Gasteiger partial charge on any atom is -0.463 e. The molecular formula is C24H34N2O6. The molecule has 1 aliphatic rings. The van der Waals surface area contributed by atoms with Gasteiger partial charge in [-0.1, -0.05) is 42.5 Å². The van der Waals surface area contributed by atoms with Crippen LogP contribution in [0.25, 0.3) is 0 Å². The molecule has 2 amide bonds. The molecule has 1 aromatic carbocycles. The van der Waals surface area contributed by atoms with Crippen LogP contribution in [0.4, 0.5) is 0 Å². The first kappa shape index (κ1) is 25.5. The second kappa shape index (κ2) is 15.2. The molecule has 32 heavy (non-hydrogen) atoms. The van der Waals surface area contributed by atoms with Crippen molar-refractivity contribution in [2.24, 2.45) is 5.92 Å². The SMILES string of the molecule is O=C(C[C@H]1CC=CCCCC(=O)OC[C@@H](Cc2ccccc2)NC1=O)NCCOCCO. The van der Waals surface area contributed by atoms with E-state index in [1.54, 1.807) is 0 Å². The lowest BCUT2D eigenvalue weighted by Crippen LogP contribution is -2.44. The summed E-state index contributed by atoms with van der Waals surface area (Å²) in [7, 11) is 0. The highest BCUT2D eigenvalue weighted by atomic mass is 16.5. The minimum atomic E-state index is -0.528. The molecule has 0 bridgehead atoms. The monoisotopic (exact) mass is 446 g/mol. The quantitative estimate of drug-likeness (QED) is 0.301. The van der Waals surface area contributed by atoms with E-state index in [1.807, 2.05) is 42.5 Å². The molecule has 0 aliphatic carbocycles. The fourth-order valence-electron chi connectivity index (χ4n) is 3.39. The average molecular weight is 447 g/mol. The van der Waals surface area contributed by atoms with Crippen LogP contribution in [0.2, 0.25) is 0 Å². The van der Waals surface area contributed by atoms with Gasteiger partial charge in [-0.3, -0.25) is 14.4 Å². The van der Waals surface area contributed by atoms with Crippen LogP contribution in [0.3, 0.4) is 0 Å². The number of rotatable bonds is 9. The number of nitrogens with one attached hydrogen (secondary N) is 2. The molecule has 2 rings (SSSR count). The van der Waals surface area contributed by atoms with Gasteiger partial charge in [0.2, 0.25) is 11.8 Å². The molecule has 0 saturated carbocycles. The number of carbonyl (C=O) groups excluding carboxylic acids is 3. The maximum atomic E-state index is 13.0. The maximum absolute atomic E-state index is 13.0. The molecule has 2 atom stereocenters. The Balaban J connectivity index is 2.01. The van der Waals surface area contributed by atoms with E-state index >= 15 is 0 Å². The van der Waals surface area contributed by atoms with Crippen LogP contribution >= 0.6 is 0 Å². The number of aliphatic hydroxyl groups excluding tert-OH is 1. The Hall–Kier alpha value is -2.71. The van der Waals surface area contributed by atoms with Crippen LogP contribution in [0.15, 0.2) is 42.5 Å². The Kier molecular flexibility index (Phi) is 12.1. The van der Waals surface area contributed by atoms with Gasteiger partial charge in [0.15, 0.2) is 0 Å². The van der Waals surface area contributed by atoms with E-state index in [9.17, 15) is 14.4 Å². The first-order valence-corrected chi connectivity index (χ1v) is 11.2. The highest BCUT2D eigenvalue weighted by molar-refractivity contribution is 5.86. The molecule has 0 unspecified atom stereocenters. The number of ether oxygens (including phenoxy) is 2. The Morgan fingerprint density at radius 3 is 2.78 bits per heavy atom. The first-order valence-electron chi connectivity index (χ1n) is 11.2. The standard InChI is InChI=1S/C24H34N2O6/c27-13-15-31-14-12-25-22(28)17-20-10-6-1-2-7-11-23(29)32-18-21(26-24(20)30)16-19-8-4-3-5-9-19/h1,3-6,8-9,20-21,27H,2,7,10-18H2,(H,25,28)(H,26,30)/t20-,21-/m1/s1. The molecule has 0 radical (unpaired) electrons. The van der Waals surface area contributed by atoms with E-state index in [0.717, 1.165) is 5.56 Å². The largest absolute Gasteiger partial charge is 0.463 e. The van der Waals surface area contributed by atoms with Crippen molar-refractivity contribution in [3.63, 3.8) is 0 Å². The minimum absolute atomic E-state index is 0.0496. The highest BCUT2D eigenvalue weighted by Crippen LogP contribution is 2.14. The number of carbonyl (C=O) groups is 3. The lowest BCUT2D eigenvalue weighted by molar-refractivity contribution is -0.145. The molecule has 0 fully saturated rings. The summed E-state index contributed by atoms with van der Waals surface area (Å²) in [6.07, 6.45) is 6.58. The lowest BCUT2D eigenvalue weighted by atomic mass is 9.97. The fraction of sp³-hybridized carbons (Fsp3) is 0.542. The van der Waals surface area contributed by atoms with Crippen molar-refractivity contribution in [3.8, 4) is 0 Å². The van der Waals surface area contributed by atoms with Crippen molar-refractivity contribution in [2.75, 3.05) is 33.0 Å².